The average Bonchev–Trinajstić information content (AvgIpc) is 2.59. The molecule has 0 bridgehead atoms. The number of thioether (sulfide) groups is 1. The first-order valence-corrected chi connectivity index (χ1v) is 10.3. The van der Waals surface area contributed by atoms with Gasteiger partial charge >= 0.3 is 0 Å². The van der Waals surface area contributed by atoms with Crippen LogP contribution in [0.5, 0.6) is 0 Å². The summed E-state index contributed by atoms with van der Waals surface area (Å²) in [7, 11) is 1.66. The van der Waals surface area contributed by atoms with Crippen molar-refractivity contribution in [1.29, 1.82) is 0 Å². The van der Waals surface area contributed by atoms with Crippen molar-refractivity contribution in [1.82, 2.24) is 0 Å². The summed E-state index contributed by atoms with van der Waals surface area (Å²) in [6.07, 6.45) is 3.42. The van der Waals surface area contributed by atoms with Crippen LogP contribution in [0.25, 0.3) is 0 Å². The highest BCUT2D eigenvalue weighted by atomic mass is 32.2. The molecular formula is C21H32O3S. The van der Waals surface area contributed by atoms with Crippen molar-refractivity contribution in [2.45, 2.75) is 74.9 Å². The van der Waals surface area contributed by atoms with Gasteiger partial charge in [-0.1, -0.05) is 57.5 Å². The molecule has 0 aromatic heterocycles. The zero-order valence-electron chi connectivity index (χ0n) is 16.1. The van der Waals surface area contributed by atoms with Crippen molar-refractivity contribution >= 4 is 11.8 Å². The first-order valence-electron chi connectivity index (χ1n) is 9.43. The number of methoxy groups -OCH3 is 1. The fourth-order valence-corrected chi connectivity index (χ4v) is 6.17. The zero-order chi connectivity index (χ0) is 18.2. The van der Waals surface area contributed by atoms with Crippen molar-refractivity contribution in [2.24, 2.45) is 11.8 Å². The molecular weight excluding hydrogens is 332 g/mol. The van der Waals surface area contributed by atoms with Crippen LogP contribution in [0.1, 0.15) is 52.5 Å². The lowest BCUT2D eigenvalue weighted by Crippen LogP contribution is -2.57. The van der Waals surface area contributed by atoms with Gasteiger partial charge in [-0.15, -0.1) is 11.8 Å². The lowest BCUT2D eigenvalue weighted by molar-refractivity contribution is -0.180. The van der Waals surface area contributed by atoms with Crippen molar-refractivity contribution < 1.29 is 14.6 Å². The van der Waals surface area contributed by atoms with Crippen LogP contribution in [-0.2, 0) is 15.1 Å². The minimum Gasteiger partial charge on any atom is -0.379 e. The summed E-state index contributed by atoms with van der Waals surface area (Å²) in [5.74, 6) is 1.23. The Morgan fingerprint density at radius 1 is 1.28 bits per heavy atom. The van der Waals surface area contributed by atoms with Gasteiger partial charge in [0.25, 0.3) is 0 Å². The fraction of sp³-hybridized carbons (Fsp3) is 0.714. The van der Waals surface area contributed by atoms with Gasteiger partial charge in [-0.2, -0.15) is 0 Å². The Labute approximate surface area is 156 Å². The third-order valence-corrected chi connectivity index (χ3v) is 7.82. The van der Waals surface area contributed by atoms with E-state index < -0.39 is 5.60 Å². The number of aliphatic hydroxyl groups is 1. The Balaban J connectivity index is 1.96. The van der Waals surface area contributed by atoms with Crippen molar-refractivity contribution in [2.75, 3.05) is 7.11 Å². The molecule has 140 valence electrons. The summed E-state index contributed by atoms with van der Waals surface area (Å²) in [6, 6.07) is 9.85. The lowest BCUT2D eigenvalue weighted by atomic mass is 9.74. The molecule has 0 spiro atoms. The predicted octanol–water partition coefficient (Wildman–Crippen LogP) is 4.58. The van der Waals surface area contributed by atoms with E-state index in [1.54, 1.807) is 18.9 Å². The smallest absolute Gasteiger partial charge is 0.151 e. The van der Waals surface area contributed by atoms with Gasteiger partial charge < -0.3 is 14.6 Å². The van der Waals surface area contributed by atoms with Gasteiger partial charge in [0.2, 0.25) is 0 Å². The molecule has 1 aromatic rings. The summed E-state index contributed by atoms with van der Waals surface area (Å²) < 4.78 is 12.3. The summed E-state index contributed by atoms with van der Waals surface area (Å²) in [5, 5.41) is 11.8. The van der Waals surface area contributed by atoms with E-state index in [0.717, 1.165) is 12.0 Å². The SMILES string of the molecule is CO[C@H](C)[C@](O)(c1ccccc1)[C@@H]1O[C@@H]2C[C@H](C)CC[C@H]2C(C)(C)S1. The van der Waals surface area contributed by atoms with E-state index in [0.29, 0.717) is 11.8 Å². The first kappa shape index (κ1) is 19.2. The maximum Gasteiger partial charge on any atom is 0.151 e. The number of hydrogen-bond acceptors (Lipinski definition) is 4. The summed E-state index contributed by atoms with van der Waals surface area (Å²) in [4.78, 5) is 0. The molecule has 3 rings (SSSR count). The first-order chi connectivity index (χ1) is 11.8. The Kier molecular flexibility index (Phi) is 5.55. The molecule has 1 aliphatic heterocycles. The molecule has 0 radical (unpaired) electrons. The molecule has 25 heavy (non-hydrogen) atoms. The molecule has 1 saturated carbocycles. The lowest BCUT2D eigenvalue weighted by Gasteiger charge is -2.54. The standard InChI is InChI=1S/C21H32O3S/c1-14-11-12-17-18(13-14)24-19(25-20(17,3)4)21(22,15(2)23-5)16-9-7-6-8-10-16/h6-10,14-15,17-19,22H,11-13H2,1-5H3/t14-,15-,17-,18-,19-,21+/m1/s1. The van der Waals surface area contributed by atoms with Crippen LogP contribution < -0.4 is 0 Å². The second-order valence-electron chi connectivity index (χ2n) is 8.32. The predicted molar refractivity (Wildman–Crippen MR) is 104 cm³/mol. The van der Waals surface area contributed by atoms with E-state index >= 15 is 0 Å². The maximum absolute atomic E-state index is 11.8. The van der Waals surface area contributed by atoms with E-state index in [-0.39, 0.29) is 22.4 Å². The van der Waals surface area contributed by atoms with Crippen LogP contribution in [0.15, 0.2) is 30.3 Å². The Morgan fingerprint density at radius 2 is 1.96 bits per heavy atom. The molecule has 0 unspecified atom stereocenters. The van der Waals surface area contributed by atoms with Crippen LogP contribution >= 0.6 is 11.8 Å². The Bertz CT molecular complexity index is 576. The highest BCUT2D eigenvalue weighted by Crippen LogP contribution is 2.54. The minimum atomic E-state index is -1.18. The van der Waals surface area contributed by atoms with E-state index in [4.69, 9.17) is 9.47 Å². The van der Waals surface area contributed by atoms with Crippen molar-refractivity contribution in [3.63, 3.8) is 0 Å². The molecule has 6 atom stereocenters. The normalized spacial score (nSPS) is 35.4. The molecule has 3 nitrogen and oxygen atoms in total. The van der Waals surface area contributed by atoms with E-state index in [1.165, 1.54) is 12.8 Å². The largest absolute Gasteiger partial charge is 0.379 e. The van der Waals surface area contributed by atoms with E-state index in [9.17, 15) is 5.11 Å². The minimum absolute atomic E-state index is 0.0734. The maximum atomic E-state index is 11.8. The van der Waals surface area contributed by atoms with Crippen molar-refractivity contribution in [3.05, 3.63) is 35.9 Å². The number of hydrogen-bond donors (Lipinski definition) is 1. The molecule has 0 amide bonds. The molecule has 1 aromatic carbocycles. The molecule has 4 heteroatoms. The second kappa shape index (κ2) is 7.22. The van der Waals surface area contributed by atoms with Crippen LogP contribution in [0, 0.1) is 11.8 Å². The third kappa shape index (κ3) is 3.51. The number of ether oxygens (including phenoxy) is 2. The van der Waals surface area contributed by atoms with Gasteiger partial charge in [-0.25, -0.2) is 0 Å². The van der Waals surface area contributed by atoms with E-state index in [2.05, 4.69) is 20.8 Å². The molecule has 1 N–H and O–H groups in total. The highest BCUT2D eigenvalue weighted by Gasteiger charge is 2.54. The van der Waals surface area contributed by atoms with Gasteiger partial charge in [-0.05, 0) is 37.2 Å². The monoisotopic (exact) mass is 364 g/mol. The van der Waals surface area contributed by atoms with Crippen LogP contribution in [0.4, 0.5) is 0 Å². The van der Waals surface area contributed by atoms with Gasteiger partial charge in [0.05, 0.1) is 12.2 Å². The van der Waals surface area contributed by atoms with Gasteiger partial charge in [-0.3, -0.25) is 0 Å². The fourth-order valence-electron chi connectivity index (χ4n) is 4.46. The summed E-state index contributed by atoms with van der Waals surface area (Å²) >= 11 is 1.77. The average molecular weight is 365 g/mol. The topological polar surface area (TPSA) is 38.7 Å². The van der Waals surface area contributed by atoms with E-state index in [1.807, 2.05) is 37.3 Å². The quantitative estimate of drug-likeness (QED) is 0.848. The van der Waals surface area contributed by atoms with Gasteiger partial charge in [0.1, 0.15) is 5.44 Å². The zero-order valence-corrected chi connectivity index (χ0v) is 16.9. The third-order valence-electron chi connectivity index (χ3n) is 6.22. The Hall–Kier alpha value is -0.550. The second-order valence-corrected chi connectivity index (χ2v) is 10.0. The summed E-state index contributed by atoms with van der Waals surface area (Å²) in [6.45, 7) is 8.86. The van der Waals surface area contributed by atoms with Crippen molar-refractivity contribution in [3.8, 4) is 0 Å². The van der Waals surface area contributed by atoms with Crippen LogP contribution in [0.3, 0.4) is 0 Å². The molecule has 2 fully saturated rings. The summed E-state index contributed by atoms with van der Waals surface area (Å²) in [5.41, 5.74) is -0.657. The van der Waals surface area contributed by atoms with Gasteiger partial charge in [0.15, 0.2) is 5.60 Å². The highest BCUT2D eigenvalue weighted by molar-refractivity contribution is 8.01. The van der Waals surface area contributed by atoms with Crippen LogP contribution in [-0.4, -0.2) is 34.6 Å². The molecule has 1 saturated heterocycles. The number of fused-ring (bicyclic) bond motifs is 1. The number of benzene rings is 1. The molecule has 1 heterocycles. The molecule has 1 aliphatic carbocycles. The molecule has 2 aliphatic rings. The Morgan fingerprint density at radius 3 is 2.60 bits per heavy atom. The number of rotatable bonds is 4. The van der Waals surface area contributed by atoms with Crippen LogP contribution in [0.2, 0.25) is 0 Å². The van der Waals surface area contributed by atoms with Gasteiger partial charge in [0, 0.05) is 11.9 Å².